The first-order valence-electron chi connectivity index (χ1n) is 6.64. The third-order valence-electron chi connectivity index (χ3n) is 3.12. The molecule has 0 aliphatic heterocycles. The fraction of sp³-hybridized carbons (Fsp3) is 0.133. The molecule has 0 saturated carbocycles. The number of sulfone groups is 1. The van der Waals surface area contributed by atoms with Crippen LogP contribution in [0.5, 0.6) is 0 Å². The quantitative estimate of drug-likeness (QED) is 0.711. The zero-order chi connectivity index (χ0) is 18.8. The maximum atomic E-state index is 12.9. The van der Waals surface area contributed by atoms with E-state index in [2.05, 4.69) is 5.32 Å². The van der Waals surface area contributed by atoms with Crippen molar-refractivity contribution in [2.45, 2.75) is 14.1 Å². The number of halogens is 5. The topological polar surface area (TPSA) is 63.2 Å². The SMILES string of the molecule is O=C(NC(C(Cl)(Cl)Cl)S(=O)(=O)c1ccc(Cl)cc1)c1ccc(F)cc1. The van der Waals surface area contributed by atoms with Gasteiger partial charge in [0.05, 0.1) is 4.90 Å². The van der Waals surface area contributed by atoms with E-state index in [9.17, 15) is 17.6 Å². The van der Waals surface area contributed by atoms with Crippen molar-refractivity contribution in [1.29, 1.82) is 0 Å². The zero-order valence-electron chi connectivity index (χ0n) is 12.2. The molecule has 0 saturated heterocycles. The van der Waals surface area contributed by atoms with Crippen molar-refractivity contribution in [1.82, 2.24) is 5.32 Å². The molecule has 0 spiro atoms. The lowest BCUT2D eigenvalue weighted by molar-refractivity contribution is 0.0948. The number of nitrogens with one attached hydrogen (secondary N) is 1. The van der Waals surface area contributed by atoms with Gasteiger partial charge in [0.2, 0.25) is 13.6 Å². The maximum absolute atomic E-state index is 12.9. The summed E-state index contributed by atoms with van der Waals surface area (Å²) >= 11 is 23.1. The Labute approximate surface area is 163 Å². The number of hydrogen-bond donors (Lipinski definition) is 1. The smallest absolute Gasteiger partial charge is 0.252 e. The van der Waals surface area contributed by atoms with Crippen molar-refractivity contribution >= 4 is 62.1 Å². The second kappa shape index (κ2) is 7.68. The van der Waals surface area contributed by atoms with E-state index in [0.717, 1.165) is 12.1 Å². The van der Waals surface area contributed by atoms with Crippen LogP contribution in [0.3, 0.4) is 0 Å². The first kappa shape index (κ1) is 20.3. The molecule has 1 amide bonds. The Morgan fingerprint density at radius 2 is 1.52 bits per heavy atom. The highest BCUT2D eigenvalue weighted by atomic mass is 35.6. The maximum Gasteiger partial charge on any atom is 0.252 e. The molecule has 0 aliphatic rings. The lowest BCUT2D eigenvalue weighted by Crippen LogP contribution is -2.49. The van der Waals surface area contributed by atoms with Crippen molar-refractivity contribution in [2.24, 2.45) is 0 Å². The van der Waals surface area contributed by atoms with Gasteiger partial charge in [-0.1, -0.05) is 46.4 Å². The van der Waals surface area contributed by atoms with Gasteiger partial charge in [-0.25, -0.2) is 12.8 Å². The molecular formula is C15H10Cl4FNO3S. The van der Waals surface area contributed by atoms with Crippen LogP contribution in [0.1, 0.15) is 10.4 Å². The highest BCUT2D eigenvalue weighted by molar-refractivity contribution is 7.92. The molecule has 0 aliphatic carbocycles. The Hall–Kier alpha value is -1.05. The minimum absolute atomic E-state index is 0.00644. The van der Waals surface area contributed by atoms with Gasteiger partial charge in [-0.05, 0) is 48.5 Å². The summed E-state index contributed by atoms with van der Waals surface area (Å²) in [6, 6.07) is 9.61. The molecule has 0 fully saturated rings. The Bertz CT molecular complexity index is 865. The van der Waals surface area contributed by atoms with Gasteiger partial charge >= 0.3 is 0 Å². The highest BCUT2D eigenvalue weighted by Gasteiger charge is 2.44. The number of rotatable bonds is 4. The van der Waals surface area contributed by atoms with Gasteiger partial charge in [-0.3, -0.25) is 4.79 Å². The van der Waals surface area contributed by atoms with Crippen molar-refractivity contribution in [3.8, 4) is 0 Å². The first-order chi connectivity index (χ1) is 11.5. The van der Waals surface area contributed by atoms with Gasteiger partial charge < -0.3 is 5.32 Å². The fourth-order valence-electron chi connectivity index (χ4n) is 1.90. The predicted octanol–water partition coefficient (Wildman–Crippen LogP) is 4.38. The van der Waals surface area contributed by atoms with Crippen LogP contribution in [0.2, 0.25) is 5.02 Å². The van der Waals surface area contributed by atoms with E-state index >= 15 is 0 Å². The monoisotopic (exact) mass is 443 g/mol. The predicted molar refractivity (Wildman–Crippen MR) is 96.6 cm³/mol. The van der Waals surface area contributed by atoms with Crippen LogP contribution in [0, 0.1) is 5.82 Å². The lowest BCUT2D eigenvalue weighted by Gasteiger charge is -2.25. The van der Waals surface area contributed by atoms with Gasteiger partial charge in [0.1, 0.15) is 5.82 Å². The molecule has 0 radical (unpaired) electrons. The van der Waals surface area contributed by atoms with Crippen molar-refractivity contribution in [3.05, 3.63) is 64.9 Å². The molecule has 2 rings (SSSR count). The third kappa shape index (κ3) is 4.99. The van der Waals surface area contributed by atoms with Crippen molar-refractivity contribution in [3.63, 3.8) is 0 Å². The van der Waals surface area contributed by atoms with Crippen LogP contribution in [0.25, 0.3) is 0 Å². The normalized spacial score (nSPS) is 13.3. The van der Waals surface area contributed by atoms with E-state index in [4.69, 9.17) is 46.4 Å². The minimum Gasteiger partial charge on any atom is -0.332 e. The molecular weight excluding hydrogens is 435 g/mol. The zero-order valence-corrected chi connectivity index (χ0v) is 16.1. The number of carbonyl (C=O) groups excluding carboxylic acids is 1. The van der Waals surface area contributed by atoms with Crippen LogP contribution in [0.4, 0.5) is 4.39 Å². The summed E-state index contributed by atoms with van der Waals surface area (Å²) in [6.07, 6.45) is 0. The van der Waals surface area contributed by atoms with Gasteiger partial charge in [-0.2, -0.15) is 0 Å². The van der Waals surface area contributed by atoms with Gasteiger partial charge in [0.25, 0.3) is 5.91 Å². The molecule has 1 atom stereocenters. The summed E-state index contributed by atoms with van der Waals surface area (Å²) < 4.78 is 36.1. The molecule has 2 aromatic rings. The third-order valence-corrected chi connectivity index (χ3v) is 6.43. The molecule has 2 aromatic carbocycles. The molecule has 4 nitrogen and oxygen atoms in total. The van der Waals surface area contributed by atoms with E-state index in [1.807, 2.05) is 0 Å². The number of carbonyl (C=O) groups is 1. The molecule has 1 N–H and O–H groups in total. The van der Waals surface area contributed by atoms with Gasteiger partial charge in [0, 0.05) is 10.6 Å². The van der Waals surface area contributed by atoms with E-state index < -0.39 is 30.7 Å². The Balaban J connectivity index is 2.38. The van der Waals surface area contributed by atoms with Crippen LogP contribution in [-0.2, 0) is 9.84 Å². The molecule has 0 aromatic heterocycles. The van der Waals surface area contributed by atoms with E-state index in [0.29, 0.717) is 5.02 Å². The first-order valence-corrected chi connectivity index (χ1v) is 9.70. The summed E-state index contributed by atoms with van der Waals surface area (Å²) in [5, 5.41) is 0.616. The van der Waals surface area contributed by atoms with Crippen molar-refractivity contribution < 1.29 is 17.6 Å². The van der Waals surface area contributed by atoms with E-state index in [1.54, 1.807) is 0 Å². The molecule has 10 heteroatoms. The number of amides is 1. The second-order valence-corrected chi connectivity index (χ2v) is 9.74. The molecule has 1 unspecified atom stereocenters. The summed E-state index contributed by atoms with van der Waals surface area (Å²) in [5.41, 5.74) is 0.00644. The lowest BCUT2D eigenvalue weighted by atomic mass is 10.2. The summed E-state index contributed by atoms with van der Waals surface area (Å²) in [6.45, 7) is 0. The summed E-state index contributed by atoms with van der Waals surface area (Å²) in [5.74, 6) is -1.39. The van der Waals surface area contributed by atoms with Crippen molar-refractivity contribution in [2.75, 3.05) is 0 Å². The molecule has 25 heavy (non-hydrogen) atoms. The number of benzene rings is 2. The van der Waals surface area contributed by atoms with Crippen LogP contribution in [0.15, 0.2) is 53.4 Å². The molecule has 0 bridgehead atoms. The number of hydrogen-bond acceptors (Lipinski definition) is 3. The summed E-state index contributed by atoms with van der Waals surface area (Å²) in [4.78, 5) is 12.1. The standard InChI is InChI=1S/C15H10Cl4FNO3S/c16-10-3-7-12(8-4-10)25(23,24)14(15(17,18)19)21-13(22)9-1-5-11(20)6-2-9/h1-8,14H,(H,21,22). The Kier molecular flexibility index (Phi) is 6.22. The average Bonchev–Trinajstić information content (AvgIpc) is 2.52. The summed E-state index contributed by atoms with van der Waals surface area (Å²) in [7, 11) is -4.25. The van der Waals surface area contributed by atoms with Crippen LogP contribution < -0.4 is 5.32 Å². The Morgan fingerprint density at radius 3 is 2.00 bits per heavy atom. The minimum atomic E-state index is -4.25. The van der Waals surface area contributed by atoms with Crippen LogP contribution >= 0.6 is 46.4 Å². The molecule has 0 heterocycles. The fourth-order valence-corrected chi connectivity index (χ4v) is 4.65. The number of alkyl halides is 3. The van der Waals surface area contributed by atoms with Gasteiger partial charge in [-0.15, -0.1) is 0 Å². The molecule has 134 valence electrons. The van der Waals surface area contributed by atoms with Gasteiger partial charge in [0.15, 0.2) is 5.37 Å². The Morgan fingerprint density at radius 1 is 1.00 bits per heavy atom. The van der Waals surface area contributed by atoms with E-state index in [-0.39, 0.29) is 10.5 Å². The second-order valence-electron chi connectivity index (χ2n) is 4.90. The van der Waals surface area contributed by atoms with E-state index in [1.165, 1.54) is 36.4 Å². The average molecular weight is 445 g/mol. The highest BCUT2D eigenvalue weighted by Crippen LogP contribution is 2.36. The largest absolute Gasteiger partial charge is 0.332 e. The van der Waals surface area contributed by atoms with Crippen LogP contribution in [-0.4, -0.2) is 23.5 Å².